The van der Waals surface area contributed by atoms with Crippen molar-refractivity contribution in [2.75, 3.05) is 13.1 Å². The molecule has 2 heteroatoms. The van der Waals surface area contributed by atoms with Crippen LogP contribution in [-0.2, 0) is 6.54 Å². The Morgan fingerprint density at radius 2 is 1.95 bits per heavy atom. The molecule has 1 saturated heterocycles. The molecule has 2 rings (SSSR count). The lowest BCUT2D eigenvalue weighted by Crippen LogP contribution is -2.49. The zero-order chi connectivity index (χ0) is 14.6. The number of hydrogen-bond acceptors (Lipinski definition) is 2. The minimum absolute atomic E-state index is 0.214. The van der Waals surface area contributed by atoms with Crippen molar-refractivity contribution in [1.82, 2.24) is 10.2 Å². The van der Waals surface area contributed by atoms with Gasteiger partial charge in [-0.05, 0) is 58.2 Å². The van der Waals surface area contributed by atoms with Gasteiger partial charge in [-0.2, -0.15) is 0 Å². The SMILES string of the molecule is Cc1ccccc1CN1CCCCC1CNC(C)(C)C. The van der Waals surface area contributed by atoms with Crippen LogP contribution in [0.3, 0.4) is 0 Å². The van der Waals surface area contributed by atoms with Crippen molar-refractivity contribution in [3.8, 4) is 0 Å². The number of hydrogen-bond donors (Lipinski definition) is 1. The summed E-state index contributed by atoms with van der Waals surface area (Å²) >= 11 is 0. The molecule has 0 saturated carbocycles. The maximum atomic E-state index is 3.68. The standard InChI is InChI=1S/C18H30N2/c1-15-9-5-6-10-16(15)14-20-12-8-7-11-17(20)13-19-18(2,3)4/h5-6,9-10,17,19H,7-8,11-14H2,1-4H3. The first-order valence-electron chi connectivity index (χ1n) is 7.99. The van der Waals surface area contributed by atoms with E-state index in [2.05, 4.69) is 62.2 Å². The molecule has 0 spiro atoms. The maximum absolute atomic E-state index is 3.68. The van der Waals surface area contributed by atoms with Crippen molar-refractivity contribution in [3.05, 3.63) is 35.4 Å². The second-order valence-electron chi connectivity index (χ2n) is 7.18. The van der Waals surface area contributed by atoms with E-state index >= 15 is 0 Å². The second kappa shape index (κ2) is 6.73. The highest BCUT2D eigenvalue weighted by molar-refractivity contribution is 5.25. The second-order valence-corrected chi connectivity index (χ2v) is 7.18. The third-order valence-corrected chi connectivity index (χ3v) is 4.25. The Kier molecular flexibility index (Phi) is 5.22. The Bertz CT molecular complexity index is 420. The van der Waals surface area contributed by atoms with E-state index in [1.807, 2.05) is 0 Å². The average Bonchev–Trinajstić information content (AvgIpc) is 2.39. The largest absolute Gasteiger partial charge is 0.311 e. The summed E-state index contributed by atoms with van der Waals surface area (Å²) in [5.41, 5.74) is 3.11. The lowest BCUT2D eigenvalue weighted by Gasteiger charge is -2.38. The summed E-state index contributed by atoms with van der Waals surface area (Å²) in [7, 11) is 0. The number of rotatable bonds is 4. The van der Waals surface area contributed by atoms with Gasteiger partial charge in [0, 0.05) is 24.7 Å². The average molecular weight is 274 g/mol. The van der Waals surface area contributed by atoms with Crippen LogP contribution < -0.4 is 5.32 Å². The van der Waals surface area contributed by atoms with Crippen molar-refractivity contribution >= 4 is 0 Å². The van der Waals surface area contributed by atoms with Crippen LogP contribution >= 0.6 is 0 Å². The number of benzene rings is 1. The van der Waals surface area contributed by atoms with Crippen LogP contribution in [0.2, 0.25) is 0 Å². The molecule has 1 atom stereocenters. The Hall–Kier alpha value is -0.860. The Morgan fingerprint density at radius 1 is 1.20 bits per heavy atom. The first-order valence-corrected chi connectivity index (χ1v) is 7.99. The van der Waals surface area contributed by atoms with Gasteiger partial charge >= 0.3 is 0 Å². The first kappa shape index (κ1) is 15.5. The predicted octanol–water partition coefficient (Wildman–Crippen LogP) is 3.74. The Morgan fingerprint density at radius 3 is 2.65 bits per heavy atom. The van der Waals surface area contributed by atoms with Crippen LogP contribution in [0.25, 0.3) is 0 Å². The lowest BCUT2D eigenvalue weighted by atomic mass is 9.99. The van der Waals surface area contributed by atoms with Gasteiger partial charge in [-0.1, -0.05) is 30.7 Å². The number of piperidine rings is 1. The summed E-state index contributed by atoms with van der Waals surface area (Å²) in [5, 5.41) is 3.68. The number of aryl methyl sites for hydroxylation is 1. The third-order valence-electron chi connectivity index (χ3n) is 4.25. The molecule has 0 bridgehead atoms. The molecule has 0 radical (unpaired) electrons. The molecule has 1 aromatic carbocycles. The molecule has 1 unspecified atom stereocenters. The first-order chi connectivity index (χ1) is 9.46. The zero-order valence-corrected chi connectivity index (χ0v) is 13.6. The molecule has 0 amide bonds. The van der Waals surface area contributed by atoms with Crippen molar-refractivity contribution in [2.45, 2.75) is 65.1 Å². The van der Waals surface area contributed by atoms with Gasteiger partial charge in [-0.3, -0.25) is 4.90 Å². The van der Waals surface area contributed by atoms with Gasteiger partial charge in [-0.15, -0.1) is 0 Å². The predicted molar refractivity (Wildman–Crippen MR) is 87.0 cm³/mol. The fourth-order valence-corrected chi connectivity index (χ4v) is 2.93. The van der Waals surface area contributed by atoms with Crippen molar-refractivity contribution in [3.63, 3.8) is 0 Å². The molecule has 1 fully saturated rings. The minimum Gasteiger partial charge on any atom is -0.311 e. The van der Waals surface area contributed by atoms with E-state index in [-0.39, 0.29) is 5.54 Å². The molecule has 1 aromatic rings. The number of likely N-dealkylation sites (tertiary alicyclic amines) is 1. The summed E-state index contributed by atoms with van der Waals surface area (Å²) in [6, 6.07) is 9.48. The monoisotopic (exact) mass is 274 g/mol. The van der Waals surface area contributed by atoms with Gasteiger partial charge in [-0.25, -0.2) is 0 Å². The van der Waals surface area contributed by atoms with Crippen molar-refractivity contribution in [1.29, 1.82) is 0 Å². The van der Waals surface area contributed by atoms with Gasteiger partial charge in [0.15, 0.2) is 0 Å². The highest BCUT2D eigenvalue weighted by atomic mass is 15.2. The zero-order valence-electron chi connectivity index (χ0n) is 13.6. The summed E-state index contributed by atoms with van der Waals surface area (Å²) in [5.74, 6) is 0. The molecule has 2 nitrogen and oxygen atoms in total. The maximum Gasteiger partial charge on any atom is 0.0239 e. The Balaban J connectivity index is 1.98. The van der Waals surface area contributed by atoms with Gasteiger partial charge in [0.25, 0.3) is 0 Å². The van der Waals surface area contributed by atoms with Crippen LogP contribution in [0.5, 0.6) is 0 Å². The van der Waals surface area contributed by atoms with Crippen LogP contribution in [-0.4, -0.2) is 29.6 Å². The number of nitrogens with one attached hydrogen (secondary N) is 1. The van der Waals surface area contributed by atoms with Crippen LogP contribution in [0, 0.1) is 6.92 Å². The van der Waals surface area contributed by atoms with E-state index in [9.17, 15) is 0 Å². The molecule has 20 heavy (non-hydrogen) atoms. The van der Waals surface area contributed by atoms with Gasteiger partial charge in [0.2, 0.25) is 0 Å². The summed E-state index contributed by atoms with van der Waals surface area (Å²) < 4.78 is 0. The van der Waals surface area contributed by atoms with Crippen LogP contribution in [0.4, 0.5) is 0 Å². The normalized spacial score (nSPS) is 21.1. The molecule has 1 aliphatic rings. The summed E-state index contributed by atoms with van der Waals surface area (Å²) in [6.45, 7) is 12.4. The van der Waals surface area contributed by atoms with Gasteiger partial charge in [0.05, 0.1) is 0 Å². The topological polar surface area (TPSA) is 15.3 Å². The fourth-order valence-electron chi connectivity index (χ4n) is 2.93. The molecule has 1 N–H and O–H groups in total. The molecule has 112 valence electrons. The minimum atomic E-state index is 0.214. The third kappa shape index (κ3) is 4.60. The highest BCUT2D eigenvalue weighted by Gasteiger charge is 2.24. The van der Waals surface area contributed by atoms with Gasteiger partial charge in [0.1, 0.15) is 0 Å². The quantitative estimate of drug-likeness (QED) is 0.900. The van der Waals surface area contributed by atoms with E-state index in [4.69, 9.17) is 0 Å². The van der Waals surface area contributed by atoms with E-state index in [1.54, 1.807) is 0 Å². The highest BCUT2D eigenvalue weighted by Crippen LogP contribution is 2.21. The van der Waals surface area contributed by atoms with Crippen molar-refractivity contribution in [2.24, 2.45) is 0 Å². The van der Waals surface area contributed by atoms with E-state index in [1.165, 1.54) is 36.9 Å². The lowest BCUT2D eigenvalue weighted by molar-refractivity contribution is 0.131. The smallest absolute Gasteiger partial charge is 0.0239 e. The van der Waals surface area contributed by atoms with E-state index in [0.29, 0.717) is 6.04 Å². The summed E-state index contributed by atoms with van der Waals surface area (Å²) in [6.07, 6.45) is 4.05. The molecular weight excluding hydrogens is 244 g/mol. The van der Waals surface area contributed by atoms with E-state index in [0.717, 1.165) is 13.1 Å². The number of nitrogens with zero attached hydrogens (tertiary/aromatic N) is 1. The van der Waals surface area contributed by atoms with Crippen LogP contribution in [0.15, 0.2) is 24.3 Å². The fraction of sp³-hybridized carbons (Fsp3) is 0.667. The van der Waals surface area contributed by atoms with E-state index < -0.39 is 0 Å². The Labute approximate surface area is 124 Å². The molecule has 1 heterocycles. The molecule has 1 aliphatic heterocycles. The molecular formula is C18H30N2. The molecule has 0 aromatic heterocycles. The summed E-state index contributed by atoms with van der Waals surface area (Å²) in [4.78, 5) is 2.67. The van der Waals surface area contributed by atoms with Crippen molar-refractivity contribution < 1.29 is 0 Å². The van der Waals surface area contributed by atoms with Crippen LogP contribution in [0.1, 0.15) is 51.2 Å². The van der Waals surface area contributed by atoms with Gasteiger partial charge < -0.3 is 5.32 Å². The molecule has 0 aliphatic carbocycles.